The number of rotatable bonds is 3. The molecule has 0 radical (unpaired) electrons. The Balaban J connectivity index is 0.00000133. The number of fused-ring (bicyclic) bond motifs is 1. The predicted octanol–water partition coefficient (Wildman–Crippen LogP) is 5.02. The molecular weight excluding hydrogens is 307 g/mol. The molecule has 0 aromatic heterocycles. The summed E-state index contributed by atoms with van der Waals surface area (Å²) < 4.78 is 0. The van der Waals surface area contributed by atoms with Crippen LogP contribution in [0.3, 0.4) is 0 Å². The Bertz CT molecular complexity index is 641. The van der Waals surface area contributed by atoms with E-state index in [1.165, 1.54) is 33.0 Å². The van der Waals surface area contributed by atoms with Crippen molar-refractivity contribution in [2.24, 2.45) is 0 Å². The minimum absolute atomic E-state index is 0. The summed E-state index contributed by atoms with van der Waals surface area (Å²) in [6.45, 7) is 4.52. The molecule has 2 aromatic rings. The van der Waals surface area contributed by atoms with E-state index in [0.29, 0.717) is 0 Å². The summed E-state index contributed by atoms with van der Waals surface area (Å²) in [5.74, 6) is 0. The van der Waals surface area contributed by atoms with Gasteiger partial charge in [-0.1, -0.05) is 56.2 Å². The number of allylic oxidation sites excluding steroid dienone is 4. The van der Waals surface area contributed by atoms with Gasteiger partial charge in [0.15, 0.2) is 0 Å². The van der Waals surface area contributed by atoms with Crippen molar-refractivity contribution in [1.29, 1.82) is 0 Å². The smallest absolute Gasteiger partial charge is 0 e. The predicted molar refractivity (Wildman–Crippen MR) is 80.0 cm³/mol. The van der Waals surface area contributed by atoms with Gasteiger partial charge in [-0.15, -0.1) is 39.6 Å². The Morgan fingerprint density at radius 1 is 1.16 bits per heavy atom. The summed E-state index contributed by atoms with van der Waals surface area (Å²) in [5, 5.41) is 2.92. The first kappa shape index (κ1) is 14.6. The largest absolute Gasteiger partial charge is 0.130 e. The van der Waals surface area contributed by atoms with Crippen molar-refractivity contribution in [3.63, 3.8) is 0 Å². The van der Waals surface area contributed by atoms with Crippen LogP contribution >= 0.6 is 0 Å². The Morgan fingerprint density at radius 2 is 2.00 bits per heavy atom. The third-order valence-corrected chi connectivity index (χ3v) is 3.96. The monoisotopic (exact) mass is 325 g/mol. The fraction of sp³-hybridized carbons (Fsp3) is 0.278. The molecule has 19 heavy (non-hydrogen) atoms. The van der Waals surface area contributed by atoms with Gasteiger partial charge in [0, 0.05) is 26.2 Å². The van der Waals surface area contributed by atoms with Crippen LogP contribution in [-0.4, -0.2) is 0 Å². The zero-order chi connectivity index (χ0) is 12.5. The maximum absolute atomic E-state index is 2.38. The van der Waals surface area contributed by atoms with Crippen LogP contribution in [0.25, 0.3) is 16.3 Å². The van der Waals surface area contributed by atoms with Gasteiger partial charge in [-0.25, -0.2) is 0 Å². The standard InChI is InChI=1S/C18H19.Zr/c1-3-13-10-7-11-15-12-17(14-8-5-6-9-14)16(4-2)18(13)15;/h5-8,10-12H,3-4,9H2,1-2H3;/q-1;. The molecule has 3 rings (SSSR count). The molecule has 0 unspecified atom stereocenters. The summed E-state index contributed by atoms with van der Waals surface area (Å²) in [7, 11) is 0. The van der Waals surface area contributed by atoms with E-state index >= 15 is 0 Å². The minimum Gasteiger partial charge on any atom is -0.130 e. The van der Waals surface area contributed by atoms with Crippen LogP contribution in [0, 0.1) is 0 Å². The summed E-state index contributed by atoms with van der Waals surface area (Å²) in [5.41, 5.74) is 5.98. The molecule has 0 fully saturated rings. The second kappa shape index (κ2) is 6.10. The van der Waals surface area contributed by atoms with Crippen molar-refractivity contribution in [1.82, 2.24) is 0 Å². The second-order valence-electron chi connectivity index (χ2n) is 4.95. The molecule has 1 aliphatic carbocycles. The average molecular weight is 327 g/mol. The topological polar surface area (TPSA) is 0 Å². The van der Waals surface area contributed by atoms with Crippen LogP contribution in [-0.2, 0) is 39.0 Å². The van der Waals surface area contributed by atoms with Crippen molar-refractivity contribution in [3.8, 4) is 0 Å². The Morgan fingerprint density at radius 3 is 2.63 bits per heavy atom. The van der Waals surface area contributed by atoms with Crippen molar-refractivity contribution < 1.29 is 26.2 Å². The maximum atomic E-state index is 2.38. The average Bonchev–Trinajstić information content (AvgIpc) is 3.04. The molecule has 0 nitrogen and oxygen atoms in total. The van der Waals surface area contributed by atoms with Crippen LogP contribution < -0.4 is 0 Å². The molecule has 2 aromatic carbocycles. The molecule has 0 amide bonds. The first-order valence-electron chi connectivity index (χ1n) is 6.91. The molecule has 0 saturated heterocycles. The summed E-state index contributed by atoms with van der Waals surface area (Å²) in [6, 6.07) is 9.09. The van der Waals surface area contributed by atoms with Crippen LogP contribution in [0.15, 0.2) is 42.5 Å². The van der Waals surface area contributed by atoms with Gasteiger partial charge >= 0.3 is 0 Å². The molecule has 1 heteroatoms. The van der Waals surface area contributed by atoms with Crippen LogP contribution in [0.4, 0.5) is 0 Å². The zero-order valence-corrected chi connectivity index (χ0v) is 14.1. The van der Waals surface area contributed by atoms with E-state index in [1.807, 2.05) is 0 Å². The molecule has 1 aliphatic rings. The third-order valence-electron chi connectivity index (χ3n) is 3.96. The summed E-state index contributed by atoms with van der Waals surface area (Å²) >= 11 is 0. The van der Waals surface area contributed by atoms with E-state index in [-0.39, 0.29) is 26.2 Å². The van der Waals surface area contributed by atoms with Gasteiger partial charge in [0.05, 0.1) is 0 Å². The first-order valence-corrected chi connectivity index (χ1v) is 6.91. The molecule has 0 saturated carbocycles. The number of aryl methyl sites for hydroxylation is 2. The van der Waals surface area contributed by atoms with E-state index in [1.54, 1.807) is 0 Å². The minimum atomic E-state index is 0. The summed E-state index contributed by atoms with van der Waals surface area (Å²) in [6.07, 6.45) is 10.0. The van der Waals surface area contributed by atoms with E-state index in [9.17, 15) is 0 Å². The van der Waals surface area contributed by atoms with Gasteiger partial charge in [-0.2, -0.15) is 0 Å². The van der Waals surface area contributed by atoms with Crippen molar-refractivity contribution in [3.05, 3.63) is 59.2 Å². The fourth-order valence-electron chi connectivity index (χ4n) is 3.08. The van der Waals surface area contributed by atoms with Crippen molar-refractivity contribution in [2.75, 3.05) is 0 Å². The molecule has 0 bridgehead atoms. The third kappa shape index (κ3) is 2.46. The van der Waals surface area contributed by atoms with Crippen LogP contribution in [0.5, 0.6) is 0 Å². The Kier molecular flexibility index (Phi) is 4.68. The van der Waals surface area contributed by atoms with Gasteiger partial charge in [-0.05, 0) is 12.8 Å². The van der Waals surface area contributed by atoms with E-state index in [4.69, 9.17) is 0 Å². The van der Waals surface area contributed by atoms with Crippen molar-refractivity contribution in [2.45, 2.75) is 33.1 Å². The van der Waals surface area contributed by atoms with Gasteiger partial charge in [0.2, 0.25) is 0 Å². The maximum Gasteiger partial charge on any atom is 0 e. The number of benzene rings is 1. The SMILES string of the molecule is CCc1cccc2[cH-]c(C3=CC=CC3)c(CC)c12.[Zr]. The van der Waals surface area contributed by atoms with Crippen LogP contribution in [0.2, 0.25) is 0 Å². The van der Waals surface area contributed by atoms with E-state index < -0.39 is 0 Å². The van der Waals surface area contributed by atoms with Crippen molar-refractivity contribution >= 4 is 16.3 Å². The first-order chi connectivity index (χ1) is 8.85. The van der Waals surface area contributed by atoms with Gasteiger partial charge in [-0.3, -0.25) is 0 Å². The second-order valence-corrected chi connectivity index (χ2v) is 4.95. The number of hydrogen-bond acceptors (Lipinski definition) is 0. The fourth-order valence-corrected chi connectivity index (χ4v) is 3.08. The van der Waals surface area contributed by atoms with Gasteiger partial charge < -0.3 is 0 Å². The Hall–Kier alpha value is -0.807. The van der Waals surface area contributed by atoms with Gasteiger partial charge in [0.25, 0.3) is 0 Å². The Labute approximate surface area is 134 Å². The zero-order valence-electron chi connectivity index (χ0n) is 11.7. The molecular formula is C18H19Zr-. The number of hydrogen-bond donors (Lipinski definition) is 0. The summed E-state index contributed by atoms with van der Waals surface area (Å²) in [4.78, 5) is 0. The molecule has 0 aliphatic heterocycles. The van der Waals surface area contributed by atoms with Crippen LogP contribution in [0.1, 0.15) is 37.0 Å². The quantitative estimate of drug-likeness (QED) is 0.694. The molecule has 96 valence electrons. The normalized spacial score (nSPS) is 13.7. The van der Waals surface area contributed by atoms with E-state index in [0.717, 1.165) is 19.3 Å². The molecule has 0 heterocycles. The molecule has 0 N–H and O–H groups in total. The molecule has 0 spiro atoms. The van der Waals surface area contributed by atoms with E-state index in [2.05, 4.69) is 56.3 Å². The molecule has 0 atom stereocenters. The van der Waals surface area contributed by atoms with Gasteiger partial charge in [0.1, 0.15) is 0 Å².